The molecule has 0 radical (unpaired) electrons. The molecule has 156 valence electrons. The van der Waals surface area contributed by atoms with Crippen LogP contribution in [0.3, 0.4) is 0 Å². The number of para-hydroxylation sites is 1. The Morgan fingerprint density at radius 1 is 1.03 bits per heavy atom. The number of nitrogens with one attached hydrogen (secondary N) is 2. The van der Waals surface area contributed by atoms with E-state index in [1.165, 1.54) is 12.1 Å². The maximum atomic E-state index is 13.1. The summed E-state index contributed by atoms with van der Waals surface area (Å²) in [4.78, 5) is 16.2. The third kappa shape index (κ3) is 3.97. The summed E-state index contributed by atoms with van der Waals surface area (Å²) in [5.74, 6) is 0.852. The number of rotatable bonds is 6. The van der Waals surface area contributed by atoms with Crippen LogP contribution in [0.4, 0.5) is 4.39 Å². The Bertz CT molecular complexity index is 1230. The van der Waals surface area contributed by atoms with E-state index < -0.39 is 0 Å². The maximum absolute atomic E-state index is 13.1. The van der Waals surface area contributed by atoms with Crippen molar-refractivity contribution >= 4 is 16.8 Å². The first kappa shape index (κ1) is 19.2. The van der Waals surface area contributed by atoms with Crippen molar-refractivity contribution in [2.75, 3.05) is 6.79 Å². The number of aromatic amines is 1. The van der Waals surface area contributed by atoms with Crippen LogP contribution in [-0.4, -0.2) is 17.7 Å². The number of hydrogen-bond acceptors (Lipinski definition) is 3. The van der Waals surface area contributed by atoms with Crippen molar-refractivity contribution in [2.24, 2.45) is 0 Å². The van der Waals surface area contributed by atoms with Crippen molar-refractivity contribution in [1.29, 1.82) is 0 Å². The van der Waals surface area contributed by atoms with Gasteiger partial charge in [-0.1, -0.05) is 36.4 Å². The van der Waals surface area contributed by atoms with E-state index >= 15 is 0 Å². The van der Waals surface area contributed by atoms with Gasteiger partial charge in [0.2, 0.25) is 12.7 Å². The summed E-state index contributed by atoms with van der Waals surface area (Å²) >= 11 is 0. The number of benzene rings is 3. The van der Waals surface area contributed by atoms with Crippen LogP contribution in [0.2, 0.25) is 0 Å². The summed E-state index contributed by atoms with van der Waals surface area (Å²) in [5, 5.41) is 4.03. The van der Waals surface area contributed by atoms with Gasteiger partial charge in [0.1, 0.15) is 5.82 Å². The fraction of sp³-hybridized carbons (Fsp3) is 0.160. The lowest BCUT2D eigenvalue weighted by atomic mass is 9.87. The minimum absolute atomic E-state index is 0.0859. The number of ether oxygens (including phenoxy) is 2. The molecule has 1 aliphatic rings. The second-order valence-electron chi connectivity index (χ2n) is 7.56. The Morgan fingerprint density at radius 2 is 1.84 bits per heavy atom. The van der Waals surface area contributed by atoms with E-state index in [2.05, 4.69) is 16.4 Å². The predicted octanol–water partition coefficient (Wildman–Crippen LogP) is 4.87. The molecule has 0 saturated heterocycles. The number of aromatic nitrogens is 1. The van der Waals surface area contributed by atoms with Gasteiger partial charge < -0.3 is 19.8 Å². The molecule has 2 heterocycles. The summed E-state index contributed by atoms with van der Waals surface area (Å²) in [7, 11) is 0. The molecule has 0 fully saturated rings. The Morgan fingerprint density at radius 3 is 2.71 bits per heavy atom. The van der Waals surface area contributed by atoms with Crippen LogP contribution >= 0.6 is 0 Å². The first-order chi connectivity index (χ1) is 15.2. The monoisotopic (exact) mass is 416 g/mol. The zero-order valence-electron chi connectivity index (χ0n) is 16.7. The van der Waals surface area contributed by atoms with E-state index in [1.54, 1.807) is 12.1 Å². The summed E-state index contributed by atoms with van der Waals surface area (Å²) in [5.41, 5.74) is 3.90. The van der Waals surface area contributed by atoms with Crippen molar-refractivity contribution < 1.29 is 18.7 Å². The maximum Gasteiger partial charge on any atom is 0.231 e. The lowest BCUT2D eigenvalue weighted by molar-refractivity contribution is -0.121. The van der Waals surface area contributed by atoms with E-state index in [0.717, 1.165) is 27.6 Å². The number of H-pyrrole nitrogens is 1. The second-order valence-corrected chi connectivity index (χ2v) is 7.56. The molecule has 1 aromatic heterocycles. The van der Waals surface area contributed by atoms with Crippen LogP contribution in [0.1, 0.15) is 29.0 Å². The summed E-state index contributed by atoms with van der Waals surface area (Å²) in [6.45, 7) is 0.551. The third-order valence-corrected chi connectivity index (χ3v) is 5.59. The molecule has 3 aromatic carbocycles. The van der Waals surface area contributed by atoms with Gasteiger partial charge in [-0.25, -0.2) is 4.39 Å². The summed E-state index contributed by atoms with van der Waals surface area (Å²) in [6.07, 6.45) is 2.23. The molecule has 0 saturated carbocycles. The average Bonchev–Trinajstić information content (AvgIpc) is 3.43. The topological polar surface area (TPSA) is 63.4 Å². The van der Waals surface area contributed by atoms with Gasteiger partial charge in [-0.2, -0.15) is 0 Å². The van der Waals surface area contributed by atoms with Crippen molar-refractivity contribution in [3.63, 3.8) is 0 Å². The zero-order valence-corrected chi connectivity index (χ0v) is 16.7. The van der Waals surface area contributed by atoms with Gasteiger partial charge in [-0.3, -0.25) is 4.79 Å². The van der Waals surface area contributed by atoms with Gasteiger partial charge in [-0.15, -0.1) is 0 Å². The Labute approximate surface area is 178 Å². The number of carbonyl (C=O) groups excluding carboxylic acids is 1. The van der Waals surface area contributed by atoms with E-state index in [0.29, 0.717) is 18.0 Å². The third-order valence-electron chi connectivity index (χ3n) is 5.59. The molecule has 0 aliphatic carbocycles. The van der Waals surface area contributed by atoms with Gasteiger partial charge in [0, 0.05) is 36.0 Å². The van der Waals surface area contributed by atoms with Gasteiger partial charge in [0.25, 0.3) is 0 Å². The quantitative estimate of drug-likeness (QED) is 0.471. The van der Waals surface area contributed by atoms with Gasteiger partial charge in [0.05, 0.1) is 0 Å². The van der Waals surface area contributed by atoms with Gasteiger partial charge in [0.15, 0.2) is 11.5 Å². The molecule has 31 heavy (non-hydrogen) atoms. The minimum Gasteiger partial charge on any atom is -0.454 e. The molecular formula is C25H21FN2O3. The Kier molecular flexibility index (Phi) is 5.04. The highest BCUT2D eigenvalue weighted by Gasteiger charge is 2.24. The highest BCUT2D eigenvalue weighted by molar-refractivity contribution is 5.86. The highest BCUT2D eigenvalue weighted by atomic mass is 19.1. The first-order valence-electron chi connectivity index (χ1n) is 10.1. The second kappa shape index (κ2) is 8.14. The fourth-order valence-corrected chi connectivity index (χ4v) is 3.98. The zero-order chi connectivity index (χ0) is 21.2. The van der Waals surface area contributed by atoms with E-state index in [4.69, 9.17) is 9.47 Å². The molecular weight excluding hydrogens is 395 g/mol. The molecule has 1 amide bonds. The summed E-state index contributed by atoms with van der Waals surface area (Å²) < 4.78 is 24.1. The lowest BCUT2D eigenvalue weighted by Crippen LogP contribution is -2.25. The molecule has 2 N–H and O–H groups in total. The number of carbonyl (C=O) groups is 1. The van der Waals surface area contributed by atoms with Crippen LogP contribution in [0, 0.1) is 5.82 Å². The SMILES string of the molecule is O=C(C[C@@H](c1ccc2c(c1)OCO2)c1c[nH]c2ccccc12)NCc1ccc(F)cc1. The molecule has 6 heteroatoms. The number of amides is 1. The van der Waals surface area contributed by atoms with Crippen LogP contribution in [0.25, 0.3) is 10.9 Å². The molecule has 0 unspecified atom stereocenters. The Hall–Kier alpha value is -3.80. The largest absolute Gasteiger partial charge is 0.454 e. The smallest absolute Gasteiger partial charge is 0.231 e. The molecule has 1 atom stereocenters. The number of hydrogen-bond donors (Lipinski definition) is 2. The standard InChI is InChI=1S/C25H21FN2O3/c26-18-8-5-16(6-9-18)13-28-25(29)12-20(17-7-10-23-24(11-17)31-15-30-23)21-14-27-22-4-2-1-3-19(21)22/h1-11,14,20,27H,12-13,15H2,(H,28,29)/t20-/m0/s1. The van der Waals surface area contributed by atoms with Crippen LogP contribution in [0.15, 0.2) is 72.9 Å². The van der Waals surface area contributed by atoms with Crippen molar-refractivity contribution in [3.8, 4) is 11.5 Å². The molecule has 0 spiro atoms. The van der Waals surface area contributed by atoms with E-state index in [9.17, 15) is 9.18 Å². The molecule has 5 nitrogen and oxygen atoms in total. The fourth-order valence-electron chi connectivity index (χ4n) is 3.98. The molecule has 4 aromatic rings. The normalized spacial score (nSPS) is 13.3. The lowest BCUT2D eigenvalue weighted by Gasteiger charge is -2.18. The minimum atomic E-state index is -0.294. The van der Waals surface area contributed by atoms with Crippen molar-refractivity contribution in [1.82, 2.24) is 10.3 Å². The predicted molar refractivity (Wildman–Crippen MR) is 116 cm³/mol. The summed E-state index contributed by atoms with van der Waals surface area (Å²) in [6, 6.07) is 20.0. The van der Waals surface area contributed by atoms with Crippen LogP contribution in [0.5, 0.6) is 11.5 Å². The van der Waals surface area contributed by atoms with Crippen molar-refractivity contribution in [2.45, 2.75) is 18.9 Å². The average molecular weight is 416 g/mol. The van der Waals surface area contributed by atoms with Gasteiger partial charge >= 0.3 is 0 Å². The molecule has 5 rings (SSSR count). The van der Waals surface area contributed by atoms with Gasteiger partial charge in [-0.05, 0) is 47.0 Å². The number of halogens is 1. The van der Waals surface area contributed by atoms with E-state index in [1.807, 2.05) is 42.6 Å². The first-order valence-corrected chi connectivity index (χ1v) is 10.1. The Balaban J connectivity index is 1.42. The van der Waals surface area contributed by atoms with E-state index in [-0.39, 0.29) is 30.9 Å². The highest BCUT2D eigenvalue weighted by Crippen LogP contribution is 2.39. The number of fused-ring (bicyclic) bond motifs is 2. The molecule has 1 aliphatic heterocycles. The van der Waals surface area contributed by atoms with Crippen LogP contribution < -0.4 is 14.8 Å². The van der Waals surface area contributed by atoms with Crippen molar-refractivity contribution in [3.05, 3.63) is 95.4 Å². The van der Waals surface area contributed by atoms with Crippen LogP contribution in [-0.2, 0) is 11.3 Å². The molecule has 0 bridgehead atoms.